The SMILES string of the molecule is CC1(C)OC(=O)C(=Cc2ccc(OCCN3CCOCC3)cc2)C(=O)O1. The largest absolute Gasteiger partial charge is 0.492 e. The van der Waals surface area contributed by atoms with Gasteiger partial charge < -0.3 is 18.9 Å². The molecule has 0 unspecified atom stereocenters. The Kier molecular flexibility index (Phi) is 5.58. The topological polar surface area (TPSA) is 74.3 Å². The fourth-order valence-corrected chi connectivity index (χ4v) is 2.72. The van der Waals surface area contributed by atoms with E-state index in [0.29, 0.717) is 12.2 Å². The molecule has 7 nitrogen and oxygen atoms in total. The Balaban J connectivity index is 1.55. The molecule has 7 heteroatoms. The predicted molar refractivity (Wildman–Crippen MR) is 93.4 cm³/mol. The molecule has 3 rings (SSSR count). The van der Waals surface area contributed by atoms with Crippen LogP contribution in [-0.2, 0) is 23.8 Å². The van der Waals surface area contributed by atoms with Crippen molar-refractivity contribution in [2.24, 2.45) is 0 Å². The maximum absolute atomic E-state index is 12.0. The molecular formula is C19H23NO6. The van der Waals surface area contributed by atoms with Crippen LogP contribution < -0.4 is 4.74 Å². The zero-order chi connectivity index (χ0) is 18.6. The molecule has 1 aromatic rings. The maximum atomic E-state index is 12.0. The zero-order valence-corrected chi connectivity index (χ0v) is 15.0. The molecule has 0 aromatic heterocycles. The van der Waals surface area contributed by atoms with E-state index in [4.69, 9.17) is 18.9 Å². The normalized spacial score (nSPS) is 20.3. The van der Waals surface area contributed by atoms with Gasteiger partial charge in [0, 0.05) is 33.5 Å². The summed E-state index contributed by atoms with van der Waals surface area (Å²) in [5, 5.41) is 0. The van der Waals surface area contributed by atoms with E-state index in [0.717, 1.165) is 38.6 Å². The molecular weight excluding hydrogens is 338 g/mol. The summed E-state index contributed by atoms with van der Waals surface area (Å²) in [6.45, 7) is 7.87. The molecule has 1 aromatic carbocycles. The van der Waals surface area contributed by atoms with Crippen LogP contribution in [-0.4, -0.2) is 62.1 Å². The Bertz CT molecular complexity index is 666. The summed E-state index contributed by atoms with van der Waals surface area (Å²) >= 11 is 0. The molecule has 2 aliphatic rings. The van der Waals surface area contributed by atoms with Crippen molar-refractivity contribution in [3.05, 3.63) is 35.4 Å². The highest BCUT2D eigenvalue weighted by Gasteiger charge is 2.38. The van der Waals surface area contributed by atoms with E-state index in [-0.39, 0.29) is 5.57 Å². The second kappa shape index (κ2) is 7.88. The number of benzene rings is 1. The Labute approximate surface area is 152 Å². The lowest BCUT2D eigenvalue weighted by Gasteiger charge is -2.29. The third-order valence-corrected chi connectivity index (χ3v) is 4.09. The van der Waals surface area contributed by atoms with E-state index in [2.05, 4.69) is 4.90 Å². The van der Waals surface area contributed by atoms with E-state index in [1.54, 1.807) is 24.3 Å². The summed E-state index contributed by atoms with van der Waals surface area (Å²) < 4.78 is 21.2. The minimum absolute atomic E-state index is 0.120. The number of ether oxygens (including phenoxy) is 4. The number of hydrogen-bond donors (Lipinski definition) is 0. The third-order valence-electron chi connectivity index (χ3n) is 4.09. The summed E-state index contributed by atoms with van der Waals surface area (Å²) in [4.78, 5) is 26.2. The number of nitrogens with zero attached hydrogens (tertiary/aromatic N) is 1. The lowest BCUT2D eigenvalue weighted by Crippen LogP contribution is -2.41. The number of carbonyl (C=O) groups excluding carboxylic acids is 2. The van der Waals surface area contributed by atoms with Crippen molar-refractivity contribution in [1.29, 1.82) is 0 Å². The first-order chi connectivity index (χ1) is 12.4. The van der Waals surface area contributed by atoms with Gasteiger partial charge in [0.2, 0.25) is 0 Å². The summed E-state index contributed by atoms with van der Waals surface area (Å²) in [5.74, 6) is -1.87. The smallest absolute Gasteiger partial charge is 0.348 e. The second-order valence-corrected chi connectivity index (χ2v) is 6.61. The molecule has 0 spiro atoms. The summed E-state index contributed by atoms with van der Waals surface area (Å²) in [6.07, 6.45) is 1.46. The molecule has 0 N–H and O–H groups in total. The van der Waals surface area contributed by atoms with E-state index in [1.165, 1.54) is 19.9 Å². The molecule has 2 aliphatic heterocycles. The number of esters is 2. The third kappa shape index (κ3) is 4.83. The number of hydrogen-bond acceptors (Lipinski definition) is 7. The van der Waals surface area contributed by atoms with Gasteiger partial charge in [-0.05, 0) is 23.8 Å². The zero-order valence-electron chi connectivity index (χ0n) is 15.0. The van der Waals surface area contributed by atoms with Crippen molar-refractivity contribution in [1.82, 2.24) is 4.90 Å². The van der Waals surface area contributed by atoms with E-state index in [1.807, 2.05) is 0 Å². The van der Waals surface area contributed by atoms with Gasteiger partial charge in [-0.1, -0.05) is 12.1 Å². The van der Waals surface area contributed by atoms with Gasteiger partial charge in [-0.15, -0.1) is 0 Å². The Morgan fingerprint density at radius 1 is 1.08 bits per heavy atom. The summed E-state index contributed by atoms with van der Waals surface area (Å²) in [6, 6.07) is 7.15. The van der Waals surface area contributed by atoms with Gasteiger partial charge in [-0.25, -0.2) is 9.59 Å². The predicted octanol–water partition coefficient (Wildman–Crippen LogP) is 1.62. The van der Waals surface area contributed by atoms with Gasteiger partial charge in [0.05, 0.1) is 13.2 Å². The van der Waals surface area contributed by atoms with Crippen molar-refractivity contribution in [2.45, 2.75) is 19.6 Å². The lowest BCUT2D eigenvalue weighted by atomic mass is 10.1. The van der Waals surface area contributed by atoms with Crippen molar-refractivity contribution in [3.63, 3.8) is 0 Å². The van der Waals surface area contributed by atoms with Gasteiger partial charge in [0.1, 0.15) is 17.9 Å². The highest BCUT2D eigenvalue weighted by atomic mass is 16.7. The number of morpholine rings is 1. The van der Waals surface area contributed by atoms with Crippen LogP contribution in [0.3, 0.4) is 0 Å². The van der Waals surface area contributed by atoms with E-state index in [9.17, 15) is 9.59 Å². The van der Waals surface area contributed by atoms with Gasteiger partial charge in [-0.2, -0.15) is 0 Å². The summed E-state index contributed by atoms with van der Waals surface area (Å²) in [5.41, 5.74) is 0.569. The Hall–Kier alpha value is -2.38. The molecule has 0 aliphatic carbocycles. The van der Waals surface area contributed by atoms with Gasteiger partial charge in [0.25, 0.3) is 5.79 Å². The molecule has 0 bridgehead atoms. The molecule has 0 radical (unpaired) electrons. The lowest BCUT2D eigenvalue weighted by molar-refractivity contribution is -0.222. The van der Waals surface area contributed by atoms with Crippen LogP contribution >= 0.6 is 0 Å². The minimum Gasteiger partial charge on any atom is -0.492 e. The van der Waals surface area contributed by atoms with E-state index < -0.39 is 17.7 Å². The second-order valence-electron chi connectivity index (χ2n) is 6.61. The first-order valence-electron chi connectivity index (χ1n) is 8.64. The number of cyclic esters (lactones) is 2. The highest BCUT2D eigenvalue weighted by Crippen LogP contribution is 2.24. The van der Waals surface area contributed by atoms with Crippen LogP contribution in [0.2, 0.25) is 0 Å². The quantitative estimate of drug-likeness (QED) is 0.448. The van der Waals surface area contributed by atoms with Crippen LogP contribution in [0.25, 0.3) is 6.08 Å². The minimum atomic E-state index is -1.23. The standard InChI is InChI=1S/C19H23NO6/c1-19(2)25-17(21)16(18(22)26-19)13-14-3-5-15(6-4-14)24-12-9-20-7-10-23-11-8-20/h3-6,13H,7-12H2,1-2H3. The molecule has 0 amide bonds. The highest BCUT2D eigenvalue weighted by molar-refractivity contribution is 6.18. The van der Waals surface area contributed by atoms with Gasteiger partial charge in [-0.3, -0.25) is 4.90 Å². The molecule has 2 saturated heterocycles. The van der Waals surface area contributed by atoms with Gasteiger partial charge in [0.15, 0.2) is 0 Å². The Morgan fingerprint density at radius 2 is 1.69 bits per heavy atom. The molecule has 0 atom stereocenters. The molecule has 26 heavy (non-hydrogen) atoms. The number of rotatable bonds is 5. The molecule has 2 fully saturated rings. The van der Waals surface area contributed by atoms with Crippen molar-refractivity contribution < 1.29 is 28.5 Å². The maximum Gasteiger partial charge on any atom is 0.348 e. The fourth-order valence-electron chi connectivity index (χ4n) is 2.72. The van der Waals surface area contributed by atoms with Gasteiger partial charge >= 0.3 is 11.9 Å². The first kappa shape index (κ1) is 18.4. The van der Waals surface area contributed by atoms with Crippen LogP contribution in [0.5, 0.6) is 5.75 Å². The van der Waals surface area contributed by atoms with E-state index >= 15 is 0 Å². The molecule has 2 heterocycles. The molecule has 0 saturated carbocycles. The first-order valence-corrected chi connectivity index (χ1v) is 8.64. The fraction of sp³-hybridized carbons (Fsp3) is 0.474. The average Bonchev–Trinajstić information content (AvgIpc) is 2.59. The van der Waals surface area contributed by atoms with Crippen molar-refractivity contribution >= 4 is 18.0 Å². The average molecular weight is 361 g/mol. The van der Waals surface area contributed by atoms with Crippen LogP contribution in [0, 0.1) is 0 Å². The number of carbonyl (C=O) groups is 2. The monoisotopic (exact) mass is 361 g/mol. The Morgan fingerprint density at radius 3 is 2.31 bits per heavy atom. The molecule has 140 valence electrons. The van der Waals surface area contributed by atoms with Crippen LogP contribution in [0.15, 0.2) is 29.8 Å². The van der Waals surface area contributed by atoms with Crippen molar-refractivity contribution in [2.75, 3.05) is 39.5 Å². The van der Waals surface area contributed by atoms with Crippen LogP contribution in [0.4, 0.5) is 0 Å². The van der Waals surface area contributed by atoms with Crippen molar-refractivity contribution in [3.8, 4) is 5.75 Å². The summed E-state index contributed by atoms with van der Waals surface area (Å²) in [7, 11) is 0. The van der Waals surface area contributed by atoms with Crippen LogP contribution in [0.1, 0.15) is 19.4 Å².